The first-order valence-corrected chi connectivity index (χ1v) is 19.3. The molecule has 11 aromatic rings. The average molecular weight is 713 g/mol. The van der Waals surface area contributed by atoms with Crippen LogP contribution in [0.2, 0.25) is 0 Å². The van der Waals surface area contributed by atoms with Crippen molar-refractivity contribution in [2.45, 2.75) is 0 Å². The molecule has 9 aromatic carbocycles. The van der Waals surface area contributed by atoms with Crippen LogP contribution in [-0.2, 0) is 0 Å². The summed E-state index contributed by atoms with van der Waals surface area (Å²) in [5, 5.41) is 4.98. The monoisotopic (exact) mass is 712 g/mol. The fraction of sp³-hybridized carbons (Fsp3) is 0. The minimum absolute atomic E-state index is 1.17. The largest absolute Gasteiger partial charge is 0.309 e. The fourth-order valence-electron chi connectivity index (χ4n) is 8.84. The van der Waals surface area contributed by atoms with E-state index in [1.165, 1.54) is 99.5 Å². The van der Waals surface area contributed by atoms with E-state index in [-0.39, 0.29) is 0 Å². The number of hydrogen-bond acceptors (Lipinski definition) is 0. The van der Waals surface area contributed by atoms with Crippen LogP contribution in [0.1, 0.15) is 0 Å². The van der Waals surface area contributed by atoms with Crippen LogP contribution in [0.4, 0.5) is 0 Å². The van der Waals surface area contributed by atoms with Crippen LogP contribution in [-0.4, -0.2) is 9.13 Å². The summed E-state index contributed by atoms with van der Waals surface area (Å²) >= 11 is 0. The van der Waals surface area contributed by atoms with Crippen LogP contribution >= 0.6 is 0 Å². The maximum Gasteiger partial charge on any atom is 0.0547 e. The second-order valence-corrected chi connectivity index (χ2v) is 14.5. The molecule has 0 fully saturated rings. The van der Waals surface area contributed by atoms with Gasteiger partial charge in [-0.3, -0.25) is 0 Å². The molecule has 0 radical (unpaired) electrons. The number of benzene rings is 9. The molecule has 0 aliphatic rings. The lowest BCUT2D eigenvalue weighted by molar-refractivity contribution is 1.18. The Hall–Kier alpha value is -7.42. The maximum absolute atomic E-state index is 2.46. The minimum Gasteiger partial charge on any atom is -0.309 e. The Labute approximate surface area is 325 Å². The lowest BCUT2D eigenvalue weighted by Gasteiger charge is -2.14. The van der Waals surface area contributed by atoms with Crippen molar-refractivity contribution in [2.75, 3.05) is 0 Å². The van der Waals surface area contributed by atoms with Crippen molar-refractivity contribution in [2.24, 2.45) is 0 Å². The third-order valence-corrected chi connectivity index (χ3v) is 11.3. The van der Waals surface area contributed by atoms with E-state index in [2.05, 4.69) is 228 Å². The van der Waals surface area contributed by atoms with Crippen LogP contribution in [0.25, 0.3) is 99.5 Å². The van der Waals surface area contributed by atoms with Crippen LogP contribution in [0.15, 0.2) is 218 Å². The maximum atomic E-state index is 2.46. The molecule has 2 heterocycles. The quantitative estimate of drug-likeness (QED) is 0.162. The van der Waals surface area contributed by atoms with Crippen LogP contribution < -0.4 is 0 Å². The molecule has 2 nitrogen and oxygen atoms in total. The van der Waals surface area contributed by atoms with E-state index in [1.807, 2.05) is 0 Å². The van der Waals surface area contributed by atoms with Gasteiger partial charge < -0.3 is 9.13 Å². The minimum atomic E-state index is 1.17. The summed E-state index contributed by atoms with van der Waals surface area (Å²) in [7, 11) is 0. The molecule has 0 spiro atoms. The van der Waals surface area contributed by atoms with Crippen molar-refractivity contribution in [3.63, 3.8) is 0 Å². The van der Waals surface area contributed by atoms with Crippen LogP contribution in [0, 0.1) is 0 Å². The number of hydrogen-bond donors (Lipinski definition) is 0. The lowest BCUT2D eigenvalue weighted by Crippen LogP contribution is -1.97. The SMILES string of the molecule is c1ccc(-c2ccccc2-n2c3ccccc3c3cc(-c4ccc5c(c4)c4c(-c6ccccc6)cccc4n5-c4ccccc4-c4ccccc4)ccc32)cc1. The molecule has 262 valence electrons. The van der Waals surface area contributed by atoms with E-state index in [9.17, 15) is 0 Å². The first-order chi connectivity index (χ1) is 27.8. The zero-order valence-corrected chi connectivity index (χ0v) is 30.7. The van der Waals surface area contributed by atoms with Gasteiger partial charge in [0.2, 0.25) is 0 Å². The Morgan fingerprint density at radius 3 is 1.25 bits per heavy atom. The second kappa shape index (κ2) is 13.2. The third-order valence-electron chi connectivity index (χ3n) is 11.3. The zero-order chi connectivity index (χ0) is 37.0. The summed E-state index contributed by atoms with van der Waals surface area (Å²) in [6.07, 6.45) is 0. The van der Waals surface area contributed by atoms with Crippen LogP contribution in [0.3, 0.4) is 0 Å². The molecular weight excluding hydrogens is 677 g/mol. The average Bonchev–Trinajstić information content (AvgIpc) is 3.79. The summed E-state index contributed by atoms with van der Waals surface area (Å²) in [6.45, 7) is 0. The van der Waals surface area contributed by atoms with Gasteiger partial charge >= 0.3 is 0 Å². The molecule has 11 rings (SSSR count). The Morgan fingerprint density at radius 1 is 0.232 bits per heavy atom. The molecule has 56 heavy (non-hydrogen) atoms. The predicted molar refractivity (Wildman–Crippen MR) is 237 cm³/mol. The molecular formula is C54H36N2. The van der Waals surface area contributed by atoms with E-state index in [1.54, 1.807) is 0 Å². The van der Waals surface area contributed by atoms with Gasteiger partial charge in [0.1, 0.15) is 0 Å². The van der Waals surface area contributed by atoms with Gasteiger partial charge in [-0.2, -0.15) is 0 Å². The molecule has 0 unspecified atom stereocenters. The van der Waals surface area contributed by atoms with E-state index in [4.69, 9.17) is 0 Å². The van der Waals surface area contributed by atoms with E-state index >= 15 is 0 Å². The van der Waals surface area contributed by atoms with Gasteiger partial charge in [0.15, 0.2) is 0 Å². The smallest absolute Gasteiger partial charge is 0.0547 e. The van der Waals surface area contributed by atoms with Crippen molar-refractivity contribution >= 4 is 43.6 Å². The van der Waals surface area contributed by atoms with E-state index < -0.39 is 0 Å². The number of aromatic nitrogens is 2. The summed E-state index contributed by atoms with van der Waals surface area (Å²) in [4.78, 5) is 0. The van der Waals surface area contributed by atoms with Gasteiger partial charge in [0, 0.05) is 32.7 Å². The first kappa shape index (κ1) is 32.0. The van der Waals surface area contributed by atoms with Crippen molar-refractivity contribution < 1.29 is 0 Å². The Balaban J connectivity index is 1.15. The molecule has 0 aliphatic heterocycles. The lowest BCUT2D eigenvalue weighted by atomic mass is 9.97. The molecule has 2 heteroatoms. The highest BCUT2D eigenvalue weighted by Crippen LogP contribution is 2.43. The normalized spacial score (nSPS) is 11.6. The highest BCUT2D eigenvalue weighted by molar-refractivity contribution is 6.17. The highest BCUT2D eigenvalue weighted by Gasteiger charge is 2.20. The van der Waals surface area contributed by atoms with Gasteiger partial charge in [-0.15, -0.1) is 0 Å². The number of rotatable bonds is 6. The summed E-state index contributed by atoms with van der Waals surface area (Å²) in [6, 6.07) is 79.3. The van der Waals surface area contributed by atoms with Gasteiger partial charge in [0.25, 0.3) is 0 Å². The number of fused-ring (bicyclic) bond motifs is 6. The molecule has 0 bridgehead atoms. The molecule has 0 atom stereocenters. The zero-order valence-electron chi connectivity index (χ0n) is 30.7. The molecule has 2 aromatic heterocycles. The number of para-hydroxylation sites is 3. The Kier molecular flexibility index (Phi) is 7.53. The van der Waals surface area contributed by atoms with Gasteiger partial charge in [-0.05, 0) is 81.9 Å². The van der Waals surface area contributed by atoms with E-state index in [0.717, 1.165) is 0 Å². The highest BCUT2D eigenvalue weighted by atomic mass is 15.0. The molecule has 0 amide bonds. The van der Waals surface area contributed by atoms with Gasteiger partial charge in [0.05, 0.1) is 33.4 Å². The van der Waals surface area contributed by atoms with E-state index in [0.29, 0.717) is 0 Å². The first-order valence-electron chi connectivity index (χ1n) is 19.3. The summed E-state index contributed by atoms with van der Waals surface area (Å²) < 4.78 is 4.90. The topological polar surface area (TPSA) is 9.86 Å². The Bertz CT molecular complexity index is 3220. The molecule has 0 saturated heterocycles. The Morgan fingerprint density at radius 2 is 0.643 bits per heavy atom. The summed E-state index contributed by atoms with van der Waals surface area (Å²) in [5.74, 6) is 0. The van der Waals surface area contributed by atoms with Gasteiger partial charge in [-0.1, -0.05) is 170 Å². The molecule has 0 N–H and O–H groups in total. The van der Waals surface area contributed by atoms with Crippen molar-refractivity contribution in [1.82, 2.24) is 9.13 Å². The fourth-order valence-corrected chi connectivity index (χ4v) is 8.84. The summed E-state index contributed by atoms with van der Waals surface area (Å²) in [5.41, 5.74) is 16.8. The number of nitrogens with zero attached hydrogens (tertiary/aromatic N) is 2. The second-order valence-electron chi connectivity index (χ2n) is 14.5. The van der Waals surface area contributed by atoms with Gasteiger partial charge in [-0.25, -0.2) is 0 Å². The predicted octanol–water partition coefficient (Wildman–Crippen LogP) is 14.5. The van der Waals surface area contributed by atoms with Crippen molar-refractivity contribution in [3.05, 3.63) is 218 Å². The molecule has 0 aliphatic carbocycles. The van der Waals surface area contributed by atoms with Crippen molar-refractivity contribution in [1.29, 1.82) is 0 Å². The third kappa shape index (κ3) is 5.11. The van der Waals surface area contributed by atoms with Crippen LogP contribution in [0.5, 0.6) is 0 Å². The standard InChI is InChI=1S/C54H36N2/c1-4-17-37(18-5-1)42-23-10-13-27-48(42)55-50-29-15-12-25-45(50)46-35-40(31-33-51(46)55)41-32-34-52-47(36-41)54-44(39-21-8-3-9-22-39)26-16-30-53(54)56(52)49-28-14-11-24-43(49)38-19-6-2-7-20-38/h1-36H. The molecule has 0 saturated carbocycles. The van der Waals surface area contributed by atoms with Crippen molar-refractivity contribution in [3.8, 4) is 55.9 Å².